The van der Waals surface area contributed by atoms with E-state index in [4.69, 9.17) is 5.26 Å². The van der Waals surface area contributed by atoms with E-state index in [1.54, 1.807) is 12.2 Å². The molecular formula is C8H9N. The van der Waals surface area contributed by atoms with Gasteiger partial charge in [0.2, 0.25) is 0 Å². The Bertz CT molecular complexity index is 179. The number of hydrogen-bond acceptors (Lipinski definition) is 1. The molecular weight excluding hydrogens is 110 g/mol. The molecule has 1 heteroatoms. The van der Waals surface area contributed by atoms with Crippen LogP contribution in [0.4, 0.5) is 0 Å². The lowest BCUT2D eigenvalue weighted by Crippen LogP contribution is -1.60. The van der Waals surface area contributed by atoms with Crippen molar-refractivity contribution in [2.45, 2.75) is 6.92 Å². The van der Waals surface area contributed by atoms with Crippen molar-refractivity contribution in [3.8, 4) is 6.07 Å². The number of nitriles is 1. The summed E-state index contributed by atoms with van der Waals surface area (Å²) in [6.45, 7) is 5.48. The second kappa shape index (κ2) is 4.86. The fourth-order valence-electron chi connectivity index (χ4n) is 0.311. The van der Waals surface area contributed by atoms with E-state index in [1.807, 2.05) is 19.1 Å². The second-order valence-corrected chi connectivity index (χ2v) is 1.60. The highest BCUT2D eigenvalue weighted by molar-refractivity contribution is 5.21. The molecule has 1 nitrogen and oxygen atoms in total. The average molecular weight is 119 g/mol. The Kier molecular flexibility index (Phi) is 4.16. The smallest absolute Gasteiger partial charge is 0.0912 e. The number of hydrogen-bond donors (Lipinski definition) is 0. The zero-order valence-electron chi connectivity index (χ0n) is 5.46. The molecule has 0 bridgehead atoms. The summed E-state index contributed by atoms with van der Waals surface area (Å²) in [5.74, 6) is 0. The summed E-state index contributed by atoms with van der Waals surface area (Å²) in [7, 11) is 0. The molecule has 0 aliphatic carbocycles. The molecule has 46 valence electrons. The van der Waals surface area contributed by atoms with Crippen LogP contribution in [0.1, 0.15) is 6.92 Å². The molecule has 0 aliphatic rings. The van der Waals surface area contributed by atoms with Crippen LogP contribution >= 0.6 is 0 Å². The third-order valence-corrected chi connectivity index (χ3v) is 0.852. The average Bonchev–Trinajstić information content (AvgIpc) is 1.89. The predicted molar refractivity (Wildman–Crippen MR) is 38.7 cm³/mol. The van der Waals surface area contributed by atoms with E-state index in [2.05, 4.69) is 6.58 Å². The fourth-order valence-corrected chi connectivity index (χ4v) is 0.311. The van der Waals surface area contributed by atoms with Gasteiger partial charge in [-0.3, -0.25) is 0 Å². The fraction of sp³-hybridized carbons (Fsp3) is 0.125. The minimum Gasteiger partial charge on any atom is -0.193 e. The Labute approximate surface area is 55.6 Å². The predicted octanol–water partition coefficient (Wildman–Crippen LogP) is 2.20. The molecule has 9 heavy (non-hydrogen) atoms. The molecule has 0 aromatic heterocycles. The zero-order valence-corrected chi connectivity index (χ0v) is 5.46. The van der Waals surface area contributed by atoms with Crippen molar-refractivity contribution in [1.29, 1.82) is 5.26 Å². The molecule has 0 atom stereocenters. The first-order chi connectivity index (χ1) is 4.31. The van der Waals surface area contributed by atoms with Gasteiger partial charge in [0.1, 0.15) is 0 Å². The van der Waals surface area contributed by atoms with Crippen molar-refractivity contribution in [1.82, 2.24) is 0 Å². The maximum Gasteiger partial charge on any atom is 0.0912 e. The van der Waals surface area contributed by atoms with Crippen molar-refractivity contribution in [2.75, 3.05) is 0 Å². The van der Waals surface area contributed by atoms with Gasteiger partial charge in [-0.05, 0) is 6.92 Å². The summed E-state index contributed by atoms with van der Waals surface area (Å²) in [5.41, 5.74) is 1.06. The molecule has 0 aromatic carbocycles. The monoisotopic (exact) mass is 119 g/mol. The summed E-state index contributed by atoms with van der Waals surface area (Å²) >= 11 is 0. The van der Waals surface area contributed by atoms with Crippen LogP contribution in [0.25, 0.3) is 0 Å². The number of rotatable bonds is 2. The summed E-state index contributed by atoms with van der Waals surface area (Å²) in [6.07, 6.45) is 6.68. The van der Waals surface area contributed by atoms with Gasteiger partial charge in [0.05, 0.1) is 6.07 Å². The molecule has 0 aromatic rings. The minimum atomic E-state index is 1.06. The van der Waals surface area contributed by atoms with Gasteiger partial charge in [-0.25, -0.2) is 0 Å². The lowest BCUT2D eigenvalue weighted by Gasteiger charge is -1.81. The first-order valence-electron chi connectivity index (χ1n) is 2.66. The third-order valence-electron chi connectivity index (χ3n) is 0.852. The van der Waals surface area contributed by atoms with Crippen molar-refractivity contribution >= 4 is 0 Å². The van der Waals surface area contributed by atoms with Crippen LogP contribution < -0.4 is 0 Å². The lowest BCUT2D eigenvalue weighted by atomic mass is 10.3. The van der Waals surface area contributed by atoms with Crippen LogP contribution in [0.3, 0.4) is 0 Å². The van der Waals surface area contributed by atoms with Gasteiger partial charge in [0.15, 0.2) is 0 Å². The maximum absolute atomic E-state index is 8.06. The Balaban J connectivity index is 3.86. The maximum atomic E-state index is 8.06. The number of nitrogens with zero attached hydrogens (tertiary/aromatic N) is 1. The third kappa shape index (κ3) is 4.57. The quantitative estimate of drug-likeness (QED) is 0.404. The molecule has 0 heterocycles. The van der Waals surface area contributed by atoms with Gasteiger partial charge in [-0.1, -0.05) is 30.4 Å². The molecule has 0 saturated carbocycles. The van der Waals surface area contributed by atoms with E-state index in [0.717, 1.165) is 5.57 Å². The Morgan fingerprint density at radius 2 is 2.33 bits per heavy atom. The highest BCUT2D eigenvalue weighted by Crippen LogP contribution is 1.91. The van der Waals surface area contributed by atoms with Crippen LogP contribution in [-0.4, -0.2) is 0 Å². The molecule has 0 unspecified atom stereocenters. The van der Waals surface area contributed by atoms with E-state index in [9.17, 15) is 0 Å². The van der Waals surface area contributed by atoms with Crippen LogP contribution in [0, 0.1) is 11.3 Å². The summed E-state index contributed by atoms with van der Waals surface area (Å²) < 4.78 is 0. The van der Waals surface area contributed by atoms with Crippen molar-refractivity contribution in [3.63, 3.8) is 0 Å². The Morgan fingerprint density at radius 1 is 1.67 bits per heavy atom. The molecule has 0 spiro atoms. The van der Waals surface area contributed by atoms with Crippen LogP contribution in [-0.2, 0) is 0 Å². The molecule has 0 rings (SSSR count). The van der Waals surface area contributed by atoms with Gasteiger partial charge in [-0.2, -0.15) is 5.26 Å². The van der Waals surface area contributed by atoms with Crippen molar-refractivity contribution in [3.05, 3.63) is 36.5 Å². The molecule has 0 saturated heterocycles. The van der Waals surface area contributed by atoms with Gasteiger partial charge in [-0.15, -0.1) is 0 Å². The first kappa shape index (κ1) is 7.71. The SMILES string of the molecule is C=C/C(C)=C\C=C\C#N. The van der Waals surface area contributed by atoms with E-state index >= 15 is 0 Å². The van der Waals surface area contributed by atoms with Gasteiger partial charge in [0.25, 0.3) is 0 Å². The highest BCUT2D eigenvalue weighted by Gasteiger charge is 1.71. The van der Waals surface area contributed by atoms with E-state index in [1.165, 1.54) is 6.08 Å². The standard InChI is InChI=1S/C8H9N/c1-3-8(2)6-4-5-7-9/h3-6H,1H2,2H3/b5-4+,8-6-. The molecule has 0 aliphatic heterocycles. The van der Waals surface area contributed by atoms with E-state index in [0.29, 0.717) is 0 Å². The van der Waals surface area contributed by atoms with Crippen LogP contribution in [0.5, 0.6) is 0 Å². The molecule has 0 fully saturated rings. The van der Waals surface area contributed by atoms with Crippen LogP contribution in [0.2, 0.25) is 0 Å². The van der Waals surface area contributed by atoms with E-state index in [-0.39, 0.29) is 0 Å². The minimum absolute atomic E-state index is 1.06. The summed E-state index contributed by atoms with van der Waals surface area (Å²) in [6, 6.07) is 1.89. The molecule has 0 N–H and O–H groups in total. The van der Waals surface area contributed by atoms with Gasteiger partial charge in [0, 0.05) is 6.08 Å². The molecule has 0 radical (unpaired) electrons. The topological polar surface area (TPSA) is 23.8 Å². The van der Waals surface area contributed by atoms with Gasteiger partial charge >= 0.3 is 0 Å². The normalized spacial score (nSPS) is 11.3. The lowest BCUT2D eigenvalue weighted by molar-refractivity contribution is 1.52. The highest BCUT2D eigenvalue weighted by atomic mass is 14.2. The second-order valence-electron chi connectivity index (χ2n) is 1.60. The largest absolute Gasteiger partial charge is 0.193 e. The van der Waals surface area contributed by atoms with Crippen molar-refractivity contribution in [2.24, 2.45) is 0 Å². The van der Waals surface area contributed by atoms with E-state index < -0.39 is 0 Å². The molecule has 0 amide bonds. The summed E-state index contributed by atoms with van der Waals surface area (Å²) in [5, 5.41) is 8.06. The summed E-state index contributed by atoms with van der Waals surface area (Å²) in [4.78, 5) is 0. The zero-order chi connectivity index (χ0) is 7.11. The van der Waals surface area contributed by atoms with Crippen molar-refractivity contribution < 1.29 is 0 Å². The van der Waals surface area contributed by atoms with Gasteiger partial charge < -0.3 is 0 Å². The Morgan fingerprint density at radius 3 is 2.78 bits per heavy atom. The Hall–Kier alpha value is -1.29. The number of allylic oxidation sites excluding steroid dienone is 5. The first-order valence-corrected chi connectivity index (χ1v) is 2.66. The van der Waals surface area contributed by atoms with Crippen LogP contribution in [0.15, 0.2) is 36.5 Å².